The molecule has 1 N–H and O–H groups in total. The van der Waals surface area contributed by atoms with E-state index in [9.17, 15) is 0 Å². The normalized spacial score (nSPS) is 18.1. The predicted octanol–water partition coefficient (Wildman–Crippen LogP) is 1.76. The Kier molecular flexibility index (Phi) is 4.94. The van der Waals surface area contributed by atoms with Gasteiger partial charge in [0.05, 0.1) is 5.69 Å². The molecule has 120 valence electrons. The third-order valence-corrected chi connectivity index (χ3v) is 4.13. The lowest BCUT2D eigenvalue weighted by Gasteiger charge is -2.26. The van der Waals surface area contributed by atoms with Crippen LogP contribution in [0, 0.1) is 6.92 Å². The van der Waals surface area contributed by atoms with E-state index in [0.29, 0.717) is 0 Å². The first-order valence-electron chi connectivity index (χ1n) is 7.99. The van der Waals surface area contributed by atoms with E-state index < -0.39 is 0 Å². The van der Waals surface area contributed by atoms with Crippen molar-refractivity contribution in [1.82, 2.24) is 20.0 Å². The zero-order valence-electron chi connectivity index (χ0n) is 14.5. The number of likely N-dealkylation sites (N-methyl/N-ethyl adjacent to an activating group) is 1. The van der Waals surface area contributed by atoms with Gasteiger partial charge in [0.25, 0.3) is 0 Å². The SMILES string of the molecule is Cc1nn(C)c(N2CCCN(C)CC2)c1CNC(C)(C)C. The van der Waals surface area contributed by atoms with Crippen LogP contribution in [0.1, 0.15) is 38.4 Å². The van der Waals surface area contributed by atoms with Crippen molar-refractivity contribution in [3.63, 3.8) is 0 Å². The summed E-state index contributed by atoms with van der Waals surface area (Å²) in [6.45, 7) is 14.1. The van der Waals surface area contributed by atoms with Crippen molar-refractivity contribution in [2.45, 2.75) is 46.2 Å². The molecule has 0 saturated carbocycles. The van der Waals surface area contributed by atoms with Crippen molar-refractivity contribution >= 4 is 5.82 Å². The summed E-state index contributed by atoms with van der Waals surface area (Å²) in [7, 11) is 4.28. The molecule has 0 aromatic carbocycles. The van der Waals surface area contributed by atoms with Gasteiger partial charge >= 0.3 is 0 Å². The molecule has 21 heavy (non-hydrogen) atoms. The van der Waals surface area contributed by atoms with Gasteiger partial charge in [-0.15, -0.1) is 0 Å². The van der Waals surface area contributed by atoms with Crippen LogP contribution in [-0.2, 0) is 13.6 Å². The van der Waals surface area contributed by atoms with Gasteiger partial charge in [0, 0.05) is 44.3 Å². The summed E-state index contributed by atoms with van der Waals surface area (Å²) < 4.78 is 2.06. The highest BCUT2D eigenvalue weighted by Gasteiger charge is 2.22. The molecule has 0 radical (unpaired) electrons. The Morgan fingerprint density at radius 1 is 1.10 bits per heavy atom. The maximum absolute atomic E-state index is 4.66. The molecule has 0 unspecified atom stereocenters. The Morgan fingerprint density at radius 3 is 2.48 bits per heavy atom. The van der Waals surface area contributed by atoms with E-state index in [4.69, 9.17) is 0 Å². The second-order valence-corrected chi connectivity index (χ2v) is 7.26. The third kappa shape index (κ3) is 4.20. The number of nitrogens with one attached hydrogen (secondary N) is 1. The summed E-state index contributed by atoms with van der Waals surface area (Å²) >= 11 is 0. The Labute approximate surface area is 129 Å². The molecule has 5 heteroatoms. The van der Waals surface area contributed by atoms with E-state index in [2.05, 4.69) is 66.7 Å². The maximum atomic E-state index is 4.66. The summed E-state index contributed by atoms with van der Waals surface area (Å²) in [5.41, 5.74) is 2.61. The number of rotatable bonds is 3. The van der Waals surface area contributed by atoms with Gasteiger partial charge in [-0.2, -0.15) is 5.10 Å². The van der Waals surface area contributed by atoms with Crippen LogP contribution >= 0.6 is 0 Å². The molecule has 0 aliphatic carbocycles. The lowest BCUT2D eigenvalue weighted by molar-refractivity contribution is 0.360. The van der Waals surface area contributed by atoms with Crippen LogP contribution in [-0.4, -0.2) is 53.4 Å². The summed E-state index contributed by atoms with van der Waals surface area (Å²) in [5.74, 6) is 1.29. The van der Waals surface area contributed by atoms with E-state index in [-0.39, 0.29) is 5.54 Å². The molecule has 0 bridgehead atoms. The van der Waals surface area contributed by atoms with Crippen LogP contribution < -0.4 is 10.2 Å². The highest BCUT2D eigenvalue weighted by molar-refractivity contribution is 5.50. The van der Waals surface area contributed by atoms with Crippen LogP contribution in [0.4, 0.5) is 5.82 Å². The van der Waals surface area contributed by atoms with Crippen molar-refractivity contribution in [3.05, 3.63) is 11.3 Å². The van der Waals surface area contributed by atoms with Crippen molar-refractivity contribution in [3.8, 4) is 0 Å². The zero-order chi connectivity index (χ0) is 15.6. The fourth-order valence-electron chi connectivity index (χ4n) is 2.90. The van der Waals surface area contributed by atoms with Crippen molar-refractivity contribution in [1.29, 1.82) is 0 Å². The average molecular weight is 293 g/mol. The first-order valence-corrected chi connectivity index (χ1v) is 7.99. The van der Waals surface area contributed by atoms with Gasteiger partial charge in [-0.1, -0.05) is 0 Å². The summed E-state index contributed by atoms with van der Waals surface area (Å²) in [6.07, 6.45) is 1.22. The van der Waals surface area contributed by atoms with Crippen LogP contribution in [0.5, 0.6) is 0 Å². The largest absolute Gasteiger partial charge is 0.355 e. The van der Waals surface area contributed by atoms with Crippen LogP contribution in [0.15, 0.2) is 0 Å². The molecule has 0 spiro atoms. The summed E-state index contributed by atoms with van der Waals surface area (Å²) in [5, 5.41) is 8.26. The minimum absolute atomic E-state index is 0.124. The number of aryl methyl sites for hydroxylation is 2. The average Bonchev–Trinajstić information content (AvgIpc) is 2.52. The molecule has 1 saturated heterocycles. The van der Waals surface area contributed by atoms with Gasteiger partial charge in [0.1, 0.15) is 5.82 Å². The van der Waals surface area contributed by atoms with Crippen LogP contribution in [0.25, 0.3) is 0 Å². The number of hydrogen-bond acceptors (Lipinski definition) is 4. The van der Waals surface area contributed by atoms with Gasteiger partial charge in [-0.3, -0.25) is 4.68 Å². The Bertz CT molecular complexity index is 472. The number of aromatic nitrogens is 2. The Morgan fingerprint density at radius 2 is 1.81 bits per heavy atom. The lowest BCUT2D eigenvalue weighted by atomic mass is 10.1. The molecule has 0 atom stereocenters. The molecule has 2 heterocycles. The standard InChI is InChI=1S/C16H31N5/c1-13-14(12-17-16(2,3)4)15(20(6)18-13)21-9-7-8-19(5)10-11-21/h17H,7-12H2,1-6H3. The summed E-state index contributed by atoms with van der Waals surface area (Å²) in [6, 6.07) is 0. The molecule has 1 aliphatic rings. The van der Waals surface area contributed by atoms with Crippen molar-refractivity contribution < 1.29 is 0 Å². The van der Waals surface area contributed by atoms with E-state index in [1.54, 1.807) is 0 Å². The minimum Gasteiger partial charge on any atom is -0.355 e. The van der Waals surface area contributed by atoms with Crippen LogP contribution in [0.3, 0.4) is 0 Å². The molecular formula is C16H31N5. The van der Waals surface area contributed by atoms with Gasteiger partial charge in [0.2, 0.25) is 0 Å². The molecule has 0 amide bonds. The molecule has 1 fully saturated rings. The third-order valence-electron chi connectivity index (χ3n) is 4.13. The molecule has 1 aromatic rings. The van der Waals surface area contributed by atoms with Gasteiger partial charge in [0.15, 0.2) is 0 Å². The number of hydrogen-bond donors (Lipinski definition) is 1. The van der Waals surface area contributed by atoms with E-state index >= 15 is 0 Å². The van der Waals surface area contributed by atoms with Gasteiger partial charge in [-0.25, -0.2) is 0 Å². The quantitative estimate of drug-likeness (QED) is 0.921. The fourth-order valence-corrected chi connectivity index (χ4v) is 2.90. The maximum Gasteiger partial charge on any atom is 0.131 e. The smallest absolute Gasteiger partial charge is 0.131 e. The molecule has 5 nitrogen and oxygen atoms in total. The lowest BCUT2D eigenvalue weighted by Crippen LogP contribution is -2.36. The van der Waals surface area contributed by atoms with E-state index in [1.165, 1.54) is 24.3 Å². The number of nitrogens with zero attached hydrogens (tertiary/aromatic N) is 4. The van der Waals surface area contributed by atoms with E-state index in [1.807, 2.05) is 0 Å². The highest BCUT2D eigenvalue weighted by atomic mass is 15.4. The van der Waals surface area contributed by atoms with Crippen LogP contribution in [0.2, 0.25) is 0 Å². The summed E-state index contributed by atoms with van der Waals surface area (Å²) in [4.78, 5) is 4.92. The second kappa shape index (κ2) is 6.36. The number of anilines is 1. The van der Waals surface area contributed by atoms with Crippen molar-refractivity contribution in [2.75, 3.05) is 38.1 Å². The molecule has 1 aliphatic heterocycles. The Hall–Kier alpha value is -1.07. The predicted molar refractivity (Wildman–Crippen MR) is 88.9 cm³/mol. The highest BCUT2D eigenvalue weighted by Crippen LogP contribution is 2.25. The Balaban J connectivity index is 2.21. The minimum atomic E-state index is 0.124. The first-order chi connectivity index (χ1) is 9.78. The molecule has 2 rings (SSSR count). The molecular weight excluding hydrogens is 262 g/mol. The monoisotopic (exact) mass is 293 g/mol. The van der Waals surface area contributed by atoms with Gasteiger partial charge in [-0.05, 0) is 47.7 Å². The zero-order valence-corrected chi connectivity index (χ0v) is 14.5. The topological polar surface area (TPSA) is 36.3 Å². The van der Waals surface area contributed by atoms with Gasteiger partial charge < -0.3 is 15.1 Å². The van der Waals surface area contributed by atoms with Crippen molar-refractivity contribution in [2.24, 2.45) is 7.05 Å². The van der Waals surface area contributed by atoms with E-state index in [0.717, 1.165) is 31.9 Å². The second-order valence-electron chi connectivity index (χ2n) is 7.26. The first kappa shape index (κ1) is 16.3. The molecule has 1 aromatic heterocycles. The fraction of sp³-hybridized carbons (Fsp3) is 0.812.